The molecule has 2 aliphatic rings. The van der Waals surface area contributed by atoms with Crippen molar-refractivity contribution in [1.82, 2.24) is 4.98 Å². The molecule has 1 aliphatic heterocycles. The molecule has 0 unspecified atom stereocenters. The Morgan fingerprint density at radius 3 is 2.76 bits per heavy atom. The van der Waals surface area contributed by atoms with E-state index in [4.69, 9.17) is 19.9 Å². The molecule has 1 aliphatic carbocycles. The van der Waals surface area contributed by atoms with E-state index in [0.29, 0.717) is 23.6 Å². The van der Waals surface area contributed by atoms with Crippen LogP contribution in [0.3, 0.4) is 0 Å². The number of methoxy groups -OCH3 is 1. The first-order valence-corrected chi connectivity index (χ1v) is 9.12. The SMILES string of the molecule is COc1ccc(OC(=O)Nc2ccc(F)c([C@@]3(C)N=C(N)OCC34CC4)c2)nc1. The van der Waals surface area contributed by atoms with Gasteiger partial charge in [-0.15, -0.1) is 0 Å². The fraction of sp³-hybridized carbons (Fsp3) is 0.350. The number of carbonyl (C=O) groups excluding carboxylic acids is 1. The fourth-order valence-corrected chi connectivity index (χ4v) is 3.61. The number of nitrogens with one attached hydrogen (secondary N) is 1. The number of nitrogens with two attached hydrogens (primary N) is 1. The number of rotatable bonds is 4. The molecule has 3 N–H and O–H groups in total. The number of carbonyl (C=O) groups is 1. The Morgan fingerprint density at radius 2 is 2.10 bits per heavy atom. The smallest absolute Gasteiger partial charge is 0.418 e. The number of pyridine rings is 1. The van der Waals surface area contributed by atoms with Crippen LogP contribution < -0.4 is 20.5 Å². The number of aromatic nitrogens is 1. The Bertz CT molecular complexity index is 975. The second-order valence-electron chi connectivity index (χ2n) is 7.34. The first kappa shape index (κ1) is 19.0. The van der Waals surface area contributed by atoms with E-state index in [1.807, 2.05) is 6.92 Å². The molecule has 2 heterocycles. The largest absolute Gasteiger partial charge is 0.495 e. The van der Waals surface area contributed by atoms with Gasteiger partial charge in [0.15, 0.2) is 0 Å². The van der Waals surface area contributed by atoms with Crippen LogP contribution in [-0.2, 0) is 10.3 Å². The van der Waals surface area contributed by atoms with Crippen molar-refractivity contribution in [3.8, 4) is 11.6 Å². The molecule has 1 saturated carbocycles. The molecule has 1 amide bonds. The summed E-state index contributed by atoms with van der Waals surface area (Å²) in [5.41, 5.74) is 5.33. The van der Waals surface area contributed by atoms with Crippen LogP contribution >= 0.6 is 0 Å². The van der Waals surface area contributed by atoms with Gasteiger partial charge < -0.3 is 19.9 Å². The highest BCUT2D eigenvalue weighted by molar-refractivity contribution is 5.86. The van der Waals surface area contributed by atoms with Crippen LogP contribution in [0.2, 0.25) is 0 Å². The molecular weight excluding hydrogens is 379 g/mol. The Kier molecular flexibility index (Phi) is 4.52. The molecule has 0 saturated heterocycles. The number of hydrogen-bond acceptors (Lipinski definition) is 7. The maximum absolute atomic E-state index is 14.7. The molecule has 2 aromatic rings. The summed E-state index contributed by atoms with van der Waals surface area (Å²) in [4.78, 5) is 20.6. The Labute approximate surface area is 166 Å². The minimum atomic E-state index is -0.876. The standard InChI is InChI=1S/C20H21FN4O4/c1-19(20(7-8-20)11-28-17(22)25-19)14-9-12(3-5-15(14)21)24-18(26)29-16-6-4-13(27-2)10-23-16/h3-6,9-10H,7-8,11H2,1-2H3,(H2,22,25)(H,24,26)/t19-/m1/s1. The molecular formula is C20H21FN4O4. The number of ether oxygens (including phenoxy) is 3. The van der Waals surface area contributed by atoms with Crippen LogP contribution in [0, 0.1) is 11.2 Å². The predicted molar refractivity (Wildman–Crippen MR) is 103 cm³/mol. The second-order valence-corrected chi connectivity index (χ2v) is 7.34. The van der Waals surface area contributed by atoms with Gasteiger partial charge in [-0.2, -0.15) is 0 Å². The first-order chi connectivity index (χ1) is 13.8. The van der Waals surface area contributed by atoms with Gasteiger partial charge in [-0.05, 0) is 44.0 Å². The maximum Gasteiger partial charge on any atom is 0.418 e. The highest BCUT2D eigenvalue weighted by atomic mass is 19.1. The average molecular weight is 400 g/mol. The summed E-state index contributed by atoms with van der Waals surface area (Å²) in [5.74, 6) is 0.226. The zero-order chi connectivity index (χ0) is 20.6. The van der Waals surface area contributed by atoms with E-state index >= 15 is 0 Å². The van der Waals surface area contributed by atoms with Crippen LogP contribution in [0.5, 0.6) is 11.6 Å². The Hall–Kier alpha value is -3.36. The Balaban J connectivity index is 1.55. The van der Waals surface area contributed by atoms with E-state index in [0.717, 1.165) is 12.8 Å². The van der Waals surface area contributed by atoms with Gasteiger partial charge in [-0.25, -0.2) is 19.2 Å². The van der Waals surface area contributed by atoms with Crippen LogP contribution in [0.25, 0.3) is 0 Å². The number of nitrogens with zero attached hydrogens (tertiary/aromatic N) is 2. The molecule has 1 aromatic carbocycles. The zero-order valence-corrected chi connectivity index (χ0v) is 16.1. The van der Waals surface area contributed by atoms with Crippen molar-refractivity contribution in [1.29, 1.82) is 0 Å². The lowest BCUT2D eigenvalue weighted by Crippen LogP contribution is -2.43. The zero-order valence-electron chi connectivity index (χ0n) is 16.1. The fourth-order valence-electron chi connectivity index (χ4n) is 3.61. The molecule has 1 aromatic heterocycles. The highest BCUT2D eigenvalue weighted by Crippen LogP contribution is 2.62. The summed E-state index contributed by atoms with van der Waals surface area (Å²) in [5, 5.41) is 2.59. The third-order valence-electron chi connectivity index (χ3n) is 5.60. The van der Waals surface area contributed by atoms with Crippen LogP contribution in [0.15, 0.2) is 41.5 Å². The van der Waals surface area contributed by atoms with Crippen molar-refractivity contribution in [3.05, 3.63) is 47.9 Å². The second kappa shape index (κ2) is 6.91. The summed E-state index contributed by atoms with van der Waals surface area (Å²) < 4.78 is 30.3. The van der Waals surface area contributed by atoms with Gasteiger partial charge in [-0.3, -0.25) is 5.32 Å². The van der Waals surface area contributed by atoms with Crippen molar-refractivity contribution in [2.45, 2.75) is 25.3 Å². The lowest BCUT2D eigenvalue weighted by atomic mass is 9.76. The molecule has 9 heteroatoms. The number of benzene rings is 1. The number of amidine groups is 1. The van der Waals surface area contributed by atoms with E-state index in [1.54, 1.807) is 12.1 Å². The van der Waals surface area contributed by atoms with Gasteiger partial charge in [0.1, 0.15) is 17.1 Å². The molecule has 152 valence electrons. The van der Waals surface area contributed by atoms with Crippen molar-refractivity contribution >= 4 is 17.8 Å². The monoisotopic (exact) mass is 400 g/mol. The topological polar surface area (TPSA) is 108 Å². The highest BCUT2D eigenvalue weighted by Gasteiger charge is 2.61. The van der Waals surface area contributed by atoms with Gasteiger partial charge in [0.05, 0.1) is 19.9 Å². The van der Waals surface area contributed by atoms with Crippen molar-refractivity contribution in [2.24, 2.45) is 16.1 Å². The van der Waals surface area contributed by atoms with E-state index in [9.17, 15) is 9.18 Å². The minimum absolute atomic E-state index is 0.0350. The van der Waals surface area contributed by atoms with Crippen LogP contribution in [-0.4, -0.2) is 30.8 Å². The van der Waals surface area contributed by atoms with E-state index < -0.39 is 17.4 Å². The molecule has 29 heavy (non-hydrogen) atoms. The average Bonchev–Trinajstić information content (AvgIpc) is 3.49. The molecule has 1 spiro atoms. The van der Waals surface area contributed by atoms with Gasteiger partial charge in [0.2, 0.25) is 5.88 Å². The molecule has 0 bridgehead atoms. The van der Waals surface area contributed by atoms with Crippen LogP contribution in [0.1, 0.15) is 25.3 Å². The summed E-state index contributed by atoms with van der Waals surface area (Å²) in [6.45, 7) is 2.23. The van der Waals surface area contributed by atoms with Crippen LogP contribution in [0.4, 0.5) is 14.9 Å². The van der Waals surface area contributed by atoms with Crippen molar-refractivity contribution in [3.63, 3.8) is 0 Å². The molecule has 4 rings (SSSR count). The van der Waals surface area contributed by atoms with Gasteiger partial charge in [0.25, 0.3) is 6.02 Å². The molecule has 8 nitrogen and oxygen atoms in total. The first-order valence-electron chi connectivity index (χ1n) is 9.12. The van der Waals surface area contributed by atoms with Gasteiger partial charge in [0, 0.05) is 22.7 Å². The summed E-state index contributed by atoms with van der Waals surface area (Å²) in [6.07, 6.45) is 2.41. The number of amides is 1. The van der Waals surface area contributed by atoms with E-state index in [2.05, 4.69) is 15.3 Å². The lowest BCUT2D eigenvalue weighted by Gasteiger charge is -2.38. The molecule has 0 radical (unpaired) electrons. The lowest BCUT2D eigenvalue weighted by molar-refractivity contribution is 0.114. The van der Waals surface area contributed by atoms with E-state index in [-0.39, 0.29) is 17.3 Å². The quantitative estimate of drug-likeness (QED) is 0.816. The number of hydrogen-bond donors (Lipinski definition) is 2. The van der Waals surface area contributed by atoms with Gasteiger partial charge in [-0.1, -0.05) is 0 Å². The van der Waals surface area contributed by atoms with Crippen molar-refractivity contribution in [2.75, 3.05) is 19.0 Å². The normalized spacial score (nSPS) is 21.7. The van der Waals surface area contributed by atoms with E-state index in [1.165, 1.54) is 31.5 Å². The summed E-state index contributed by atoms with van der Waals surface area (Å²) >= 11 is 0. The third kappa shape index (κ3) is 3.43. The predicted octanol–water partition coefficient (Wildman–Crippen LogP) is 3.18. The van der Waals surface area contributed by atoms with Gasteiger partial charge >= 0.3 is 6.09 Å². The number of aliphatic imine (C=N–C) groups is 1. The minimum Gasteiger partial charge on any atom is -0.495 e. The molecule has 1 fully saturated rings. The Morgan fingerprint density at radius 1 is 1.31 bits per heavy atom. The maximum atomic E-state index is 14.7. The van der Waals surface area contributed by atoms with Crippen molar-refractivity contribution < 1.29 is 23.4 Å². The molecule has 1 atom stereocenters. The number of halogens is 1. The summed E-state index contributed by atoms with van der Waals surface area (Å²) in [6, 6.07) is 7.46. The number of anilines is 1. The summed E-state index contributed by atoms with van der Waals surface area (Å²) in [7, 11) is 1.51. The third-order valence-corrected chi connectivity index (χ3v) is 5.60.